The second-order valence-electron chi connectivity index (χ2n) is 16.6. The largest absolute Gasteiger partial charge is 0.483 e. The van der Waals surface area contributed by atoms with E-state index in [-0.39, 0.29) is 48.0 Å². The van der Waals surface area contributed by atoms with E-state index >= 15 is 0 Å². The van der Waals surface area contributed by atoms with Crippen molar-refractivity contribution in [3.05, 3.63) is 93.2 Å². The number of nitrogens with one attached hydrogen (secondary N) is 2. The minimum absolute atomic E-state index is 0.0166. The number of aryl methyl sites for hydroxylation is 1. The second kappa shape index (κ2) is 14.5. The molecule has 1 atom stereocenters. The van der Waals surface area contributed by atoms with Crippen LogP contribution in [0.15, 0.2) is 48.5 Å². The smallest absolute Gasteiger partial charge is 0.266 e. The minimum Gasteiger partial charge on any atom is -0.483 e. The number of ether oxygens (including phenoxy) is 1. The van der Waals surface area contributed by atoms with E-state index in [9.17, 15) is 34.0 Å². The number of amides is 5. The third-order valence-electron chi connectivity index (χ3n) is 13.1. The van der Waals surface area contributed by atoms with Crippen LogP contribution in [0.1, 0.15) is 105 Å². The van der Waals surface area contributed by atoms with Crippen molar-refractivity contribution in [2.75, 3.05) is 50.8 Å². The van der Waals surface area contributed by atoms with Crippen molar-refractivity contribution >= 4 is 51.9 Å². The van der Waals surface area contributed by atoms with Gasteiger partial charge in [0.2, 0.25) is 11.8 Å². The van der Waals surface area contributed by atoms with Gasteiger partial charge in [-0.25, -0.2) is 0 Å². The van der Waals surface area contributed by atoms with Gasteiger partial charge in [-0.2, -0.15) is 5.26 Å². The predicted molar refractivity (Wildman–Crippen MR) is 216 cm³/mol. The van der Waals surface area contributed by atoms with Crippen LogP contribution in [0.3, 0.4) is 0 Å². The van der Waals surface area contributed by atoms with Gasteiger partial charge in [-0.3, -0.25) is 43.9 Å². The summed E-state index contributed by atoms with van der Waals surface area (Å²) in [5, 5.41) is 12.5. The molecular formula is C45H45N7O7. The van der Waals surface area contributed by atoms with E-state index in [1.54, 1.807) is 17.0 Å². The van der Waals surface area contributed by atoms with E-state index in [1.807, 2.05) is 12.1 Å². The standard InChI is InChI=1S/C45H45N7O7/c1-4-26-21-30-31(45(2,3)41-39(40(30)55)28-9-8-25(23-46)20-32(28)47-41)22-34(26)50-14-12-27(13-15-50)49-16-18-51(19-17-49)37(54)24-59-35-7-5-6-29-38(35)44(58)52(43(29)57)33-10-11-36(53)48-42(33)56/h5-9,20-22,27,33,47H,4,10-19,24H2,1-3H3,(H,48,53,56). The molecule has 3 saturated heterocycles. The van der Waals surface area contributed by atoms with Crippen LogP contribution in [0.4, 0.5) is 5.69 Å². The van der Waals surface area contributed by atoms with Crippen molar-refractivity contribution in [2.24, 2.45) is 0 Å². The molecule has 0 spiro atoms. The number of nitriles is 1. The summed E-state index contributed by atoms with van der Waals surface area (Å²) in [4.78, 5) is 89.3. The highest BCUT2D eigenvalue weighted by Crippen LogP contribution is 2.46. The first-order valence-corrected chi connectivity index (χ1v) is 20.4. The number of carbonyl (C=O) groups excluding carboxylic acids is 6. The van der Waals surface area contributed by atoms with E-state index in [0.717, 1.165) is 83.6 Å². The second-order valence-corrected chi connectivity index (χ2v) is 16.6. The highest BCUT2D eigenvalue weighted by molar-refractivity contribution is 6.24. The van der Waals surface area contributed by atoms with E-state index in [4.69, 9.17) is 4.74 Å². The molecule has 59 heavy (non-hydrogen) atoms. The molecule has 4 aliphatic heterocycles. The average molecular weight is 796 g/mol. The van der Waals surface area contributed by atoms with Crippen molar-refractivity contribution in [1.82, 2.24) is 25.0 Å². The molecule has 2 N–H and O–H groups in total. The zero-order chi connectivity index (χ0) is 41.3. The van der Waals surface area contributed by atoms with Gasteiger partial charge in [-0.15, -0.1) is 0 Å². The maximum Gasteiger partial charge on any atom is 0.266 e. The van der Waals surface area contributed by atoms with Gasteiger partial charge in [-0.05, 0) is 73.2 Å². The summed E-state index contributed by atoms with van der Waals surface area (Å²) in [5.74, 6) is -2.55. The maximum atomic E-state index is 14.1. The van der Waals surface area contributed by atoms with Crippen LogP contribution in [-0.4, -0.2) is 113 Å². The number of hydrogen-bond donors (Lipinski definition) is 2. The number of ketones is 1. The number of carbonyl (C=O) groups is 6. The highest BCUT2D eigenvalue weighted by atomic mass is 16.5. The molecule has 302 valence electrons. The Hall–Kier alpha value is -6.33. The molecule has 1 aromatic heterocycles. The van der Waals surface area contributed by atoms with Gasteiger partial charge in [0.15, 0.2) is 12.4 Å². The summed E-state index contributed by atoms with van der Waals surface area (Å²) in [5.41, 5.74) is 6.66. The fourth-order valence-corrected chi connectivity index (χ4v) is 9.80. The summed E-state index contributed by atoms with van der Waals surface area (Å²) in [6, 6.07) is 15.9. The Labute approximate surface area is 341 Å². The number of anilines is 1. The van der Waals surface area contributed by atoms with E-state index in [0.29, 0.717) is 30.3 Å². The molecular weight excluding hydrogens is 751 g/mol. The Bertz CT molecular complexity index is 2530. The molecule has 4 aromatic rings. The quantitative estimate of drug-likeness (QED) is 0.260. The summed E-state index contributed by atoms with van der Waals surface area (Å²) >= 11 is 0. The van der Waals surface area contributed by atoms with Crippen molar-refractivity contribution in [2.45, 2.75) is 70.4 Å². The van der Waals surface area contributed by atoms with Crippen LogP contribution in [0.5, 0.6) is 5.75 Å². The predicted octanol–water partition coefficient (Wildman–Crippen LogP) is 4.07. The third kappa shape index (κ3) is 6.26. The van der Waals surface area contributed by atoms with Gasteiger partial charge in [0.25, 0.3) is 17.7 Å². The number of aromatic amines is 1. The number of aromatic nitrogens is 1. The van der Waals surface area contributed by atoms with Crippen LogP contribution in [0, 0.1) is 11.3 Å². The number of nitrogens with zero attached hydrogens (tertiary/aromatic N) is 5. The lowest BCUT2D eigenvalue weighted by molar-refractivity contribution is -0.136. The van der Waals surface area contributed by atoms with Crippen LogP contribution < -0.4 is 15.0 Å². The molecule has 1 aliphatic carbocycles. The van der Waals surface area contributed by atoms with E-state index in [1.165, 1.54) is 17.8 Å². The zero-order valence-corrected chi connectivity index (χ0v) is 33.4. The normalized spacial score (nSPS) is 20.7. The van der Waals surface area contributed by atoms with E-state index < -0.39 is 35.1 Å². The van der Waals surface area contributed by atoms with Gasteiger partial charge >= 0.3 is 0 Å². The molecule has 0 saturated carbocycles. The van der Waals surface area contributed by atoms with Gasteiger partial charge in [0.1, 0.15) is 11.8 Å². The van der Waals surface area contributed by atoms with Crippen LogP contribution in [0.2, 0.25) is 0 Å². The van der Waals surface area contributed by atoms with Crippen molar-refractivity contribution in [1.29, 1.82) is 5.26 Å². The van der Waals surface area contributed by atoms with Gasteiger partial charge in [0, 0.05) is 85.0 Å². The molecule has 0 bridgehead atoms. The van der Waals surface area contributed by atoms with Gasteiger partial charge in [0.05, 0.1) is 28.3 Å². The number of benzene rings is 3. The molecule has 5 heterocycles. The number of imide groups is 2. The number of rotatable bonds is 7. The summed E-state index contributed by atoms with van der Waals surface area (Å²) in [7, 11) is 0. The maximum absolute atomic E-state index is 14.1. The fraction of sp³-hybridized carbons (Fsp3) is 0.400. The molecule has 5 amide bonds. The first kappa shape index (κ1) is 38.2. The zero-order valence-electron chi connectivity index (χ0n) is 33.4. The monoisotopic (exact) mass is 795 g/mol. The first-order chi connectivity index (χ1) is 28.4. The molecule has 3 aromatic carbocycles. The number of H-pyrrole nitrogens is 1. The number of piperidine rings is 2. The summed E-state index contributed by atoms with van der Waals surface area (Å²) in [6.45, 7) is 10.4. The minimum atomic E-state index is -1.09. The van der Waals surface area contributed by atoms with Crippen molar-refractivity contribution < 1.29 is 33.5 Å². The number of hydrogen-bond acceptors (Lipinski definition) is 10. The lowest BCUT2D eigenvalue weighted by atomic mass is 9.70. The molecule has 9 rings (SSSR count). The van der Waals surface area contributed by atoms with Crippen molar-refractivity contribution in [3.63, 3.8) is 0 Å². The lowest BCUT2D eigenvalue weighted by Crippen LogP contribution is -2.55. The molecule has 1 unspecified atom stereocenters. The van der Waals surface area contributed by atoms with Crippen molar-refractivity contribution in [3.8, 4) is 11.8 Å². The fourth-order valence-electron chi connectivity index (χ4n) is 9.80. The third-order valence-corrected chi connectivity index (χ3v) is 13.1. The molecule has 0 radical (unpaired) electrons. The molecule has 3 fully saturated rings. The molecule has 14 nitrogen and oxygen atoms in total. The Kier molecular flexibility index (Phi) is 9.38. The Morgan fingerprint density at radius 1 is 0.898 bits per heavy atom. The Morgan fingerprint density at radius 3 is 2.37 bits per heavy atom. The highest BCUT2D eigenvalue weighted by Gasteiger charge is 2.46. The van der Waals surface area contributed by atoms with E-state index in [2.05, 4.69) is 59.1 Å². The summed E-state index contributed by atoms with van der Waals surface area (Å²) in [6.07, 6.45) is 2.80. The van der Waals surface area contributed by atoms with Gasteiger partial charge < -0.3 is 19.5 Å². The van der Waals surface area contributed by atoms with Crippen LogP contribution in [0.25, 0.3) is 10.9 Å². The topological polar surface area (TPSA) is 176 Å². The number of piperazine rings is 1. The van der Waals surface area contributed by atoms with Crippen LogP contribution >= 0.6 is 0 Å². The SMILES string of the molecule is CCc1cc2c(cc1N1CCC(N3CCN(C(=O)COc4cccc5c4C(=O)N(C4CCC(=O)NC4=O)C5=O)CC3)CC1)C(C)(C)c1[nH]c3cc(C#N)ccc3c1C2=O. The van der Waals surface area contributed by atoms with Gasteiger partial charge in [-0.1, -0.05) is 32.9 Å². The summed E-state index contributed by atoms with van der Waals surface area (Å²) < 4.78 is 5.88. The lowest BCUT2D eigenvalue weighted by Gasteiger charge is -2.44. The first-order valence-electron chi connectivity index (χ1n) is 20.4. The molecule has 14 heteroatoms. The number of fused-ring (bicyclic) bond motifs is 5. The van der Waals surface area contributed by atoms with Crippen LogP contribution in [-0.2, 0) is 26.2 Å². The Balaban J connectivity index is 0.817. The average Bonchev–Trinajstić information content (AvgIpc) is 3.76. The Morgan fingerprint density at radius 2 is 1.66 bits per heavy atom. The molecule has 5 aliphatic rings.